The molecule has 0 spiro atoms. The molecule has 0 aliphatic heterocycles. The maximum absolute atomic E-state index is 14.1. The second-order valence-corrected chi connectivity index (χ2v) is 21.7. The van der Waals surface area contributed by atoms with Gasteiger partial charge in [0.1, 0.15) is 48.3 Å². The lowest BCUT2D eigenvalue weighted by molar-refractivity contribution is -0.136. The van der Waals surface area contributed by atoms with Gasteiger partial charge in [0.05, 0.1) is 12.6 Å². The summed E-state index contributed by atoms with van der Waals surface area (Å²) in [5, 5.41) is 32.0. The number of nitrogens with one attached hydrogen (secondary N) is 8. The minimum absolute atomic E-state index is 0.0607. The van der Waals surface area contributed by atoms with E-state index in [1.807, 2.05) is 69.2 Å². The highest BCUT2D eigenvalue weighted by Gasteiger charge is 2.35. The molecule has 0 saturated heterocycles. The van der Waals surface area contributed by atoms with Crippen LogP contribution in [0.3, 0.4) is 0 Å². The average Bonchev–Trinajstić information content (AvgIpc) is 3.30. The van der Waals surface area contributed by atoms with Gasteiger partial charge in [-0.05, 0) is 139 Å². The summed E-state index contributed by atoms with van der Waals surface area (Å²) in [6.45, 7) is 18.7. The molecule has 0 aliphatic carbocycles. The molecule has 74 heavy (non-hydrogen) atoms. The second kappa shape index (κ2) is 37.7. The second-order valence-electron chi connectivity index (χ2n) is 21.7. The number of aliphatic hydroxyl groups is 1. The Morgan fingerprint density at radius 3 is 0.838 bits per heavy atom. The number of nitrogens with two attached hydrogens (primary N) is 5. The van der Waals surface area contributed by atoms with Gasteiger partial charge in [0.2, 0.25) is 53.2 Å². The normalized spacial score (nSPS) is 15.2. The molecular weight excluding hydrogens is 955 g/mol. The van der Waals surface area contributed by atoms with Gasteiger partial charge in [-0.15, -0.1) is 0 Å². The summed E-state index contributed by atoms with van der Waals surface area (Å²) < 4.78 is 0. The van der Waals surface area contributed by atoms with E-state index < -0.39 is 114 Å². The molecular formula is C51H99N13O10. The Kier molecular flexibility index (Phi) is 35.2. The van der Waals surface area contributed by atoms with Crippen molar-refractivity contribution in [2.24, 2.45) is 58.3 Å². The van der Waals surface area contributed by atoms with Crippen molar-refractivity contribution in [1.29, 1.82) is 0 Å². The Hall–Kier alpha value is -4.97. The van der Waals surface area contributed by atoms with Crippen LogP contribution in [0.15, 0.2) is 0 Å². The maximum Gasteiger partial charge on any atom is 0.245 e. The topological polar surface area (TPSA) is 400 Å². The molecule has 0 aromatic carbocycles. The molecule has 23 heteroatoms. The fraction of sp³-hybridized carbons (Fsp3) is 0.824. The molecule has 428 valence electrons. The van der Waals surface area contributed by atoms with Gasteiger partial charge in [-0.2, -0.15) is 0 Å². The summed E-state index contributed by atoms with van der Waals surface area (Å²) in [5.74, 6) is -6.69. The predicted molar refractivity (Wildman–Crippen MR) is 286 cm³/mol. The lowest BCUT2D eigenvalue weighted by Gasteiger charge is -2.29. The van der Waals surface area contributed by atoms with Crippen molar-refractivity contribution in [3.8, 4) is 0 Å². The number of unbranched alkanes of at least 4 members (excludes halogenated alkanes) is 3. The van der Waals surface area contributed by atoms with Crippen molar-refractivity contribution >= 4 is 53.2 Å². The first-order valence-electron chi connectivity index (χ1n) is 26.9. The summed E-state index contributed by atoms with van der Waals surface area (Å²) in [6, 6.07) is -10.4. The molecule has 0 fully saturated rings. The van der Waals surface area contributed by atoms with Crippen molar-refractivity contribution in [2.75, 3.05) is 26.2 Å². The Labute approximate surface area is 440 Å². The first kappa shape index (κ1) is 69.0. The Morgan fingerprint density at radius 2 is 0.568 bits per heavy atom. The molecule has 0 aromatic rings. The van der Waals surface area contributed by atoms with Gasteiger partial charge in [-0.25, -0.2) is 0 Å². The molecule has 0 aliphatic rings. The van der Waals surface area contributed by atoms with Crippen LogP contribution in [0.2, 0.25) is 0 Å². The van der Waals surface area contributed by atoms with Crippen LogP contribution in [-0.4, -0.2) is 139 Å². The van der Waals surface area contributed by atoms with E-state index in [1.54, 1.807) is 0 Å². The van der Waals surface area contributed by atoms with E-state index in [0.29, 0.717) is 58.0 Å². The fourth-order valence-electron chi connectivity index (χ4n) is 8.11. The molecule has 0 radical (unpaired) electrons. The molecule has 9 amide bonds. The largest absolute Gasteiger partial charge is 0.394 e. The zero-order valence-electron chi connectivity index (χ0n) is 46.3. The van der Waals surface area contributed by atoms with E-state index in [2.05, 4.69) is 42.5 Å². The minimum Gasteiger partial charge on any atom is -0.394 e. The third-order valence-corrected chi connectivity index (χ3v) is 12.0. The van der Waals surface area contributed by atoms with Crippen LogP contribution in [0.25, 0.3) is 0 Å². The molecule has 0 bridgehead atoms. The summed E-state index contributed by atoms with van der Waals surface area (Å²) >= 11 is 0. The summed E-state index contributed by atoms with van der Waals surface area (Å²) in [5.41, 5.74) is 28.7. The van der Waals surface area contributed by atoms with Crippen LogP contribution in [0, 0.1) is 29.6 Å². The Balaban J connectivity index is 6.53. The molecule has 0 heterocycles. The third kappa shape index (κ3) is 29.2. The van der Waals surface area contributed by atoms with Gasteiger partial charge in [-0.1, -0.05) is 69.2 Å². The van der Waals surface area contributed by atoms with Crippen molar-refractivity contribution in [1.82, 2.24) is 42.5 Å². The van der Waals surface area contributed by atoms with Crippen LogP contribution in [0.5, 0.6) is 0 Å². The van der Waals surface area contributed by atoms with Gasteiger partial charge in [0.15, 0.2) is 0 Å². The van der Waals surface area contributed by atoms with Crippen molar-refractivity contribution < 1.29 is 48.3 Å². The smallest absolute Gasteiger partial charge is 0.245 e. The summed E-state index contributed by atoms with van der Waals surface area (Å²) in [7, 11) is 0. The number of carbonyl (C=O) groups is 9. The minimum atomic E-state index is -1.60. The SMILES string of the molecule is CC(C)C[C@H](NC(=O)[C@H](CC(C)C)NC(=O)[C@H](CCCCN)NC(=O)[C@H](CO)NC(=O)[C@H](CC(C)C)NC(=O)[C@H](CC(C)C)NC(=O)[C@H](CCCCN)NC(=O)[C@@H](N)CC(C)C)C(=O)N[C@@H](CCCCN)C(N)=O. The van der Waals surface area contributed by atoms with Crippen LogP contribution in [-0.2, 0) is 43.2 Å². The maximum atomic E-state index is 14.1. The van der Waals surface area contributed by atoms with Crippen LogP contribution < -0.4 is 71.2 Å². The number of amides is 9. The number of carbonyl (C=O) groups excluding carboxylic acids is 9. The van der Waals surface area contributed by atoms with Gasteiger partial charge < -0.3 is 76.3 Å². The molecule has 23 nitrogen and oxygen atoms in total. The standard InChI is InChI=1S/C51H99N13O10/c1-29(2)23-34(55)44(67)58-36(18-12-15-21-53)45(68)60-39(25-31(5)6)49(72)63-41(27-33(9)10)50(73)64-42(28-65)51(74)59-37(19-13-16-22-54)46(69)61-40(26-32(7)8)48(71)62-38(24-30(3)4)47(70)57-35(43(56)66)17-11-14-20-52/h29-42,65H,11-28,52-55H2,1-10H3,(H2,56,66)(H,57,70)(H,58,67)(H,59,74)(H,60,68)(H,61,69)(H,62,71)(H,63,72)(H,64,73)/t34-,35-,36-,37-,38-,39-,40-,41-,42-/m0/s1. The number of primary amides is 1. The van der Waals surface area contributed by atoms with Gasteiger partial charge in [0.25, 0.3) is 0 Å². The third-order valence-electron chi connectivity index (χ3n) is 12.0. The highest BCUT2D eigenvalue weighted by atomic mass is 16.3. The van der Waals surface area contributed by atoms with E-state index in [-0.39, 0.29) is 81.1 Å². The average molecular weight is 1050 g/mol. The quantitative estimate of drug-likeness (QED) is 0.0337. The van der Waals surface area contributed by atoms with E-state index >= 15 is 0 Å². The summed E-state index contributed by atoms with van der Waals surface area (Å²) in [4.78, 5) is 123. The molecule has 0 aromatic heterocycles. The monoisotopic (exact) mass is 1050 g/mol. The summed E-state index contributed by atoms with van der Waals surface area (Å²) in [6.07, 6.45) is 4.66. The van der Waals surface area contributed by atoms with Gasteiger partial charge in [0, 0.05) is 0 Å². The highest BCUT2D eigenvalue weighted by molar-refractivity contribution is 5.98. The number of hydrogen-bond donors (Lipinski definition) is 14. The molecule has 19 N–H and O–H groups in total. The molecule has 0 saturated carbocycles. The van der Waals surface area contributed by atoms with Crippen molar-refractivity contribution in [3.63, 3.8) is 0 Å². The van der Waals surface area contributed by atoms with E-state index in [4.69, 9.17) is 28.7 Å². The van der Waals surface area contributed by atoms with Gasteiger partial charge >= 0.3 is 0 Å². The van der Waals surface area contributed by atoms with E-state index in [1.165, 1.54) is 0 Å². The predicted octanol–water partition coefficient (Wildman–Crippen LogP) is -0.713. The highest BCUT2D eigenvalue weighted by Crippen LogP contribution is 2.14. The lowest BCUT2D eigenvalue weighted by atomic mass is 9.99. The van der Waals surface area contributed by atoms with Crippen molar-refractivity contribution in [3.05, 3.63) is 0 Å². The number of rotatable bonds is 40. The van der Waals surface area contributed by atoms with E-state index in [9.17, 15) is 48.3 Å². The molecule has 9 atom stereocenters. The zero-order chi connectivity index (χ0) is 56.7. The lowest BCUT2D eigenvalue weighted by Crippen LogP contribution is -2.61. The van der Waals surface area contributed by atoms with Crippen molar-refractivity contribution in [2.45, 2.75) is 214 Å². The first-order chi connectivity index (χ1) is 34.7. The Morgan fingerprint density at radius 1 is 0.338 bits per heavy atom. The fourth-order valence-corrected chi connectivity index (χ4v) is 8.11. The molecule has 0 rings (SSSR count). The van der Waals surface area contributed by atoms with Crippen LogP contribution in [0.4, 0.5) is 0 Å². The van der Waals surface area contributed by atoms with Gasteiger partial charge in [-0.3, -0.25) is 43.2 Å². The van der Waals surface area contributed by atoms with Crippen LogP contribution >= 0.6 is 0 Å². The van der Waals surface area contributed by atoms with Crippen LogP contribution in [0.1, 0.15) is 159 Å². The first-order valence-corrected chi connectivity index (χ1v) is 26.9. The number of aliphatic hydroxyl groups excluding tert-OH is 1. The van der Waals surface area contributed by atoms with E-state index in [0.717, 1.165) is 0 Å². The molecule has 0 unspecified atom stereocenters. The number of hydrogen-bond acceptors (Lipinski definition) is 14. The zero-order valence-corrected chi connectivity index (χ0v) is 46.3. The Bertz CT molecular complexity index is 1730.